The number of benzene rings is 2. The lowest BCUT2D eigenvalue weighted by molar-refractivity contribution is 0.295. The highest BCUT2D eigenvalue weighted by Crippen LogP contribution is 2.28. The summed E-state index contributed by atoms with van der Waals surface area (Å²) in [6.45, 7) is 1.32. The van der Waals surface area contributed by atoms with E-state index >= 15 is 0 Å². The zero-order valence-corrected chi connectivity index (χ0v) is 13.2. The first-order valence-corrected chi connectivity index (χ1v) is 7.21. The first kappa shape index (κ1) is 14.9. The minimum atomic E-state index is 0.480. The maximum Gasteiger partial charge on any atom is 0.134 e. The maximum atomic E-state index is 5.85. The van der Waals surface area contributed by atoms with E-state index < -0.39 is 0 Å². The molecule has 0 amide bonds. The molecule has 0 unspecified atom stereocenters. The van der Waals surface area contributed by atoms with E-state index in [4.69, 9.17) is 9.47 Å². The van der Waals surface area contributed by atoms with Gasteiger partial charge in [-0.1, -0.05) is 24.3 Å². The van der Waals surface area contributed by atoms with Crippen LogP contribution in [0.15, 0.2) is 46.9 Å². The van der Waals surface area contributed by atoms with Gasteiger partial charge in [-0.15, -0.1) is 0 Å². The second kappa shape index (κ2) is 7.31. The van der Waals surface area contributed by atoms with Crippen LogP contribution in [0, 0.1) is 0 Å². The molecule has 3 nitrogen and oxygen atoms in total. The molecule has 0 saturated carbocycles. The summed E-state index contributed by atoms with van der Waals surface area (Å²) in [6.07, 6.45) is 0. The van der Waals surface area contributed by atoms with E-state index in [0.717, 1.165) is 28.1 Å². The summed E-state index contributed by atoms with van der Waals surface area (Å²) in [5.74, 6) is 1.67. The van der Waals surface area contributed by atoms with Gasteiger partial charge in [-0.25, -0.2) is 0 Å². The Hall–Kier alpha value is -1.52. The van der Waals surface area contributed by atoms with Gasteiger partial charge in [-0.05, 0) is 46.7 Å². The van der Waals surface area contributed by atoms with Crippen LogP contribution in [-0.2, 0) is 13.2 Å². The Kier molecular flexibility index (Phi) is 5.44. The molecule has 2 rings (SSSR count). The number of methoxy groups -OCH3 is 1. The lowest BCUT2D eigenvalue weighted by Gasteiger charge is -2.12. The number of rotatable bonds is 6. The van der Waals surface area contributed by atoms with Gasteiger partial charge >= 0.3 is 0 Å². The van der Waals surface area contributed by atoms with Crippen molar-refractivity contribution in [3.8, 4) is 11.5 Å². The minimum Gasteiger partial charge on any atom is -0.496 e. The molecule has 2 aromatic rings. The normalized spacial score (nSPS) is 10.3. The van der Waals surface area contributed by atoms with Crippen LogP contribution in [0.5, 0.6) is 11.5 Å². The van der Waals surface area contributed by atoms with Crippen molar-refractivity contribution in [2.45, 2.75) is 13.2 Å². The van der Waals surface area contributed by atoms with E-state index in [1.807, 2.05) is 37.4 Å². The minimum absolute atomic E-state index is 0.480. The molecule has 0 bridgehead atoms. The third kappa shape index (κ3) is 3.74. The van der Waals surface area contributed by atoms with E-state index in [2.05, 4.69) is 33.4 Å². The van der Waals surface area contributed by atoms with Gasteiger partial charge in [0.05, 0.1) is 11.6 Å². The monoisotopic (exact) mass is 335 g/mol. The fourth-order valence-corrected chi connectivity index (χ4v) is 2.49. The molecule has 1 N–H and O–H groups in total. The fraction of sp³-hybridized carbons (Fsp3) is 0.250. The van der Waals surface area contributed by atoms with Crippen molar-refractivity contribution in [1.82, 2.24) is 5.32 Å². The van der Waals surface area contributed by atoms with E-state index in [9.17, 15) is 0 Å². The Morgan fingerprint density at radius 1 is 1.10 bits per heavy atom. The molecule has 0 atom stereocenters. The molecule has 20 heavy (non-hydrogen) atoms. The van der Waals surface area contributed by atoms with Gasteiger partial charge in [0.2, 0.25) is 0 Å². The van der Waals surface area contributed by atoms with E-state index in [1.165, 1.54) is 5.56 Å². The summed E-state index contributed by atoms with van der Waals surface area (Å²) < 4.78 is 12.1. The van der Waals surface area contributed by atoms with Gasteiger partial charge in [0.25, 0.3) is 0 Å². The van der Waals surface area contributed by atoms with Crippen LogP contribution in [0.4, 0.5) is 0 Å². The predicted molar refractivity (Wildman–Crippen MR) is 84.2 cm³/mol. The lowest BCUT2D eigenvalue weighted by atomic mass is 10.2. The van der Waals surface area contributed by atoms with Crippen LogP contribution in [0.3, 0.4) is 0 Å². The third-order valence-corrected chi connectivity index (χ3v) is 3.57. The number of hydrogen-bond acceptors (Lipinski definition) is 3. The Bertz CT molecular complexity index is 572. The van der Waals surface area contributed by atoms with E-state index in [-0.39, 0.29) is 0 Å². The number of hydrogen-bond donors (Lipinski definition) is 1. The summed E-state index contributed by atoms with van der Waals surface area (Å²) in [6, 6.07) is 14.0. The smallest absolute Gasteiger partial charge is 0.134 e. The highest BCUT2D eigenvalue weighted by molar-refractivity contribution is 9.10. The molecule has 2 aromatic carbocycles. The summed E-state index contributed by atoms with van der Waals surface area (Å²) in [5.41, 5.74) is 2.24. The summed E-state index contributed by atoms with van der Waals surface area (Å²) in [5, 5.41) is 3.13. The van der Waals surface area contributed by atoms with Crippen molar-refractivity contribution in [2.24, 2.45) is 0 Å². The van der Waals surface area contributed by atoms with Crippen LogP contribution in [0.2, 0.25) is 0 Å². The number of nitrogens with one attached hydrogen (secondary N) is 1. The molecule has 0 aliphatic heterocycles. The third-order valence-electron chi connectivity index (χ3n) is 2.95. The molecule has 4 heteroatoms. The van der Waals surface area contributed by atoms with Gasteiger partial charge in [0.15, 0.2) is 0 Å². The Balaban J connectivity index is 2.07. The van der Waals surface area contributed by atoms with Crippen molar-refractivity contribution >= 4 is 15.9 Å². The Morgan fingerprint density at radius 3 is 2.60 bits per heavy atom. The summed E-state index contributed by atoms with van der Waals surface area (Å²) >= 11 is 3.54. The molecule has 0 aliphatic carbocycles. The van der Waals surface area contributed by atoms with Crippen LogP contribution in [-0.4, -0.2) is 14.2 Å². The van der Waals surface area contributed by atoms with Crippen LogP contribution >= 0.6 is 15.9 Å². The van der Waals surface area contributed by atoms with Crippen molar-refractivity contribution in [3.63, 3.8) is 0 Å². The first-order chi connectivity index (χ1) is 9.74. The van der Waals surface area contributed by atoms with Gasteiger partial charge in [-0.2, -0.15) is 0 Å². The van der Waals surface area contributed by atoms with E-state index in [1.54, 1.807) is 7.11 Å². The maximum absolute atomic E-state index is 5.85. The topological polar surface area (TPSA) is 30.5 Å². The average Bonchev–Trinajstić information content (AvgIpc) is 2.47. The molecule has 106 valence electrons. The largest absolute Gasteiger partial charge is 0.496 e. The van der Waals surface area contributed by atoms with Crippen LogP contribution < -0.4 is 14.8 Å². The van der Waals surface area contributed by atoms with Gasteiger partial charge in [0, 0.05) is 12.1 Å². The molecule has 0 radical (unpaired) electrons. The molecule has 0 heterocycles. The van der Waals surface area contributed by atoms with Gasteiger partial charge < -0.3 is 14.8 Å². The lowest BCUT2D eigenvalue weighted by Crippen LogP contribution is -2.05. The second-order valence-corrected chi connectivity index (χ2v) is 5.25. The molecule has 0 aromatic heterocycles. The van der Waals surface area contributed by atoms with Crippen molar-refractivity contribution in [3.05, 3.63) is 58.1 Å². The molecular weight excluding hydrogens is 318 g/mol. The molecule has 0 aliphatic rings. The molecule has 0 fully saturated rings. The highest BCUT2D eigenvalue weighted by Gasteiger charge is 2.06. The van der Waals surface area contributed by atoms with Gasteiger partial charge in [-0.3, -0.25) is 0 Å². The molecule has 0 spiro atoms. The van der Waals surface area contributed by atoms with Crippen molar-refractivity contribution < 1.29 is 9.47 Å². The SMILES string of the molecule is CNCc1ccc(OCc2ccccc2OC)c(Br)c1. The Morgan fingerprint density at radius 2 is 1.90 bits per heavy atom. The fourth-order valence-electron chi connectivity index (χ4n) is 1.95. The summed E-state index contributed by atoms with van der Waals surface area (Å²) in [4.78, 5) is 0. The van der Waals surface area contributed by atoms with Crippen LogP contribution in [0.1, 0.15) is 11.1 Å². The summed E-state index contributed by atoms with van der Waals surface area (Å²) in [7, 11) is 3.60. The van der Waals surface area contributed by atoms with Crippen LogP contribution in [0.25, 0.3) is 0 Å². The average molecular weight is 336 g/mol. The zero-order chi connectivity index (χ0) is 14.4. The molecular formula is C16H18BrNO2. The number of para-hydroxylation sites is 1. The number of ether oxygens (including phenoxy) is 2. The molecule has 0 saturated heterocycles. The quantitative estimate of drug-likeness (QED) is 0.871. The second-order valence-electron chi connectivity index (χ2n) is 4.40. The van der Waals surface area contributed by atoms with Gasteiger partial charge in [0.1, 0.15) is 18.1 Å². The first-order valence-electron chi connectivity index (χ1n) is 6.42. The Labute approximate surface area is 128 Å². The zero-order valence-electron chi connectivity index (χ0n) is 11.7. The standard InChI is InChI=1S/C16H18BrNO2/c1-18-10-12-7-8-16(14(17)9-12)20-11-13-5-3-4-6-15(13)19-2/h3-9,18H,10-11H2,1-2H3. The van der Waals surface area contributed by atoms with Crippen molar-refractivity contribution in [2.75, 3.05) is 14.2 Å². The van der Waals surface area contributed by atoms with Crippen molar-refractivity contribution in [1.29, 1.82) is 0 Å². The van der Waals surface area contributed by atoms with E-state index in [0.29, 0.717) is 6.61 Å². The predicted octanol–water partition coefficient (Wildman–Crippen LogP) is 3.76. The number of halogens is 1. The highest BCUT2D eigenvalue weighted by atomic mass is 79.9.